The number of esters is 1. The Labute approximate surface area is 137 Å². The average Bonchev–Trinajstić information content (AvgIpc) is 2.58. The Bertz CT molecular complexity index is 804. The van der Waals surface area contributed by atoms with Crippen LogP contribution in [0.1, 0.15) is 32.1 Å². The Morgan fingerprint density at radius 2 is 1.96 bits per heavy atom. The maximum Gasteiger partial charge on any atom is 0.338 e. The lowest BCUT2D eigenvalue weighted by Gasteiger charge is -2.07. The van der Waals surface area contributed by atoms with Gasteiger partial charge in [-0.15, -0.1) is 0 Å². The highest BCUT2D eigenvalue weighted by Crippen LogP contribution is 2.18. The number of pyridine rings is 1. The third-order valence-electron chi connectivity index (χ3n) is 3.19. The van der Waals surface area contributed by atoms with Crippen LogP contribution in [0.15, 0.2) is 36.4 Å². The number of hydrogen-bond donors (Lipinski definition) is 1. The van der Waals surface area contributed by atoms with Crippen LogP contribution in [-0.4, -0.2) is 28.9 Å². The maximum absolute atomic E-state index is 12.2. The number of nitro benzene ring substituents is 1. The van der Waals surface area contributed by atoms with Gasteiger partial charge in [-0.2, -0.15) is 0 Å². The number of benzene rings is 1. The highest BCUT2D eigenvalue weighted by molar-refractivity contribution is 5.98. The van der Waals surface area contributed by atoms with Gasteiger partial charge in [0.2, 0.25) is 0 Å². The summed E-state index contributed by atoms with van der Waals surface area (Å²) in [6.45, 7) is 1.99. The summed E-state index contributed by atoms with van der Waals surface area (Å²) in [6.07, 6.45) is 0. The number of ether oxygens (including phenoxy) is 1. The van der Waals surface area contributed by atoms with E-state index in [1.165, 1.54) is 6.07 Å². The van der Waals surface area contributed by atoms with Crippen molar-refractivity contribution in [1.82, 2.24) is 10.3 Å². The minimum absolute atomic E-state index is 0.00254. The summed E-state index contributed by atoms with van der Waals surface area (Å²) >= 11 is 0. The van der Waals surface area contributed by atoms with Crippen molar-refractivity contribution in [2.24, 2.45) is 0 Å². The number of non-ortho nitro benzene ring substituents is 1. The van der Waals surface area contributed by atoms with E-state index in [0.29, 0.717) is 5.69 Å². The average molecular weight is 329 g/mol. The van der Waals surface area contributed by atoms with E-state index in [0.717, 1.165) is 24.9 Å². The Morgan fingerprint density at radius 3 is 2.58 bits per heavy atom. The number of hydrogen-bond acceptors (Lipinski definition) is 6. The van der Waals surface area contributed by atoms with Crippen LogP contribution < -0.4 is 5.32 Å². The van der Waals surface area contributed by atoms with E-state index in [9.17, 15) is 19.7 Å². The minimum atomic E-state index is -0.756. The molecule has 1 amide bonds. The second-order valence-corrected chi connectivity index (χ2v) is 4.97. The first-order valence-corrected chi connectivity index (χ1v) is 6.99. The second kappa shape index (κ2) is 7.32. The Kier molecular flexibility index (Phi) is 5.20. The lowest BCUT2D eigenvalue weighted by atomic mass is 10.1. The van der Waals surface area contributed by atoms with Gasteiger partial charge < -0.3 is 10.1 Å². The molecule has 0 aliphatic rings. The van der Waals surface area contributed by atoms with Crippen LogP contribution in [0.2, 0.25) is 0 Å². The molecule has 0 bridgehead atoms. The SMILES string of the molecule is COC(=O)c1cc(C(=O)NCc2cccc(C)n2)cc([N+](=O)[O-])c1. The van der Waals surface area contributed by atoms with Gasteiger partial charge in [-0.1, -0.05) is 6.07 Å². The third kappa shape index (κ3) is 4.13. The van der Waals surface area contributed by atoms with E-state index >= 15 is 0 Å². The molecule has 1 aromatic carbocycles. The summed E-state index contributed by atoms with van der Waals surface area (Å²) in [7, 11) is 1.16. The van der Waals surface area contributed by atoms with Gasteiger partial charge in [-0.25, -0.2) is 4.79 Å². The molecule has 0 atom stereocenters. The van der Waals surface area contributed by atoms with Crippen molar-refractivity contribution < 1.29 is 19.2 Å². The van der Waals surface area contributed by atoms with Crippen molar-refractivity contribution in [1.29, 1.82) is 0 Å². The smallest absolute Gasteiger partial charge is 0.338 e. The van der Waals surface area contributed by atoms with Crippen LogP contribution in [0.4, 0.5) is 5.69 Å². The third-order valence-corrected chi connectivity index (χ3v) is 3.19. The van der Waals surface area contributed by atoms with Crippen LogP contribution >= 0.6 is 0 Å². The molecule has 2 rings (SSSR count). The van der Waals surface area contributed by atoms with Gasteiger partial charge in [0.25, 0.3) is 11.6 Å². The zero-order chi connectivity index (χ0) is 17.7. The number of aryl methyl sites for hydroxylation is 1. The van der Waals surface area contributed by atoms with Crippen molar-refractivity contribution in [3.05, 3.63) is 69.0 Å². The zero-order valence-electron chi connectivity index (χ0n) is 13.1. The van der Waals surface area contributed by atoms with E-state index < -0.39 is 16.8 Å². The molecule has 0 saturated heterocycles. The van der Waals surface area contributed by atoms with Crippen molar-refractivity contribution >= 4 is 17.6 Å². The molecule has 1 N–H and O–H groups in total. The summed E-state index contributed by atoms with van der Waals surface area (Å²) in [6, 6.07) is 8.80. The van der Waals surface area contributed by atoms with E-state index in [1.807, 2.05) is 19.1 Å². The zero-order valence-corrected chi connectivity index (χ0v) is 13.1. The predicted molar refractivity (Wildman–Crippen MR) is 84.6 cm³/mol. The molecule has 2 aromatic rings. The van der Waals surface area contributed by atoms with Gasteiger partial charge in [-0.05, 0) is 25.1 Å². The number of carbonyl (C=O) groups excluding carboxylic acids is 2. The first kappa shape index (κ1) is 17.1. The fourth-order valence-electron chi connectivity index (χ4n) is 2.05. The Morgan fingerprint density at radius 1 is 1.25 bits per heavy atom. The number of rotatable bonds is 5. The fourth-order valence-corrected chi connectivity index (χ4v) is 2.05. The maximum atomic E-state index is 12.2. The number of nitrogens with zero attached hydrogens (tertiary/aromatic N) is 2. The Hall–Kier alpha value is -3.29. The van der Waals surface area contributed by atoms with E-state index in [4.69, 9.17) is 0 Å². The molecular formula is C16H15N3O5. The number of aromatic nitrogens is 1. The molecule has 0 saturated carbocycles. The quantitative estimate of drug-likeness (QED) is 0.510. The molecule has 8 heteroatoms. The topological polar surface area (TPSA) is 111 Å². The largest absolute Gasteiger partial charge is 0.465 e. The fraction of sp³-hybridized carbons (Fsp3) is 0.188. The van der Waals surface area contributed by atoms with Gasteiger partial charge in [0, 0.05) is 23.4 Å². The molecule has 0 radical (unpaired) electrons. The number of methoxy groups -OCH3 is 1. The van der Waals surface area contributed by atoms with Crippen molar-refractivity contribution in [2.45, 2.75) is 13.5 Å². The summed E-state index contributed by atoms with van der Waals surface area (Å²) < 4.78 is 4.54. The van der Waals surface area contributed by atoms with Crippen LogP contribution in [0.5, 0.6) is 0 Å². The monoisotopic (exact) mass is 329 g/mol. The van der Waals surface area contributed by atoms with Crippen molar-refractivity contribution in [3.63, 3.8) is 0 Å². The number of nitro groups is 1. The molecule has 0 fully saturated rings. The Balaban J connectivity index is 2.23. The summed E-state index contributed by atoms with van der Waals surface area (Å²) in [5.41, 5.74) is 1.03. The molecule has 124 valence electrons. The van der Waals surface area contributed by atoms with Gasteiger partial charge in [0.1, 0.15) is 0 Å². The minimum Gasteiger partial charge on any atom is -0.465 e. The highest BCUT2D eigenvalue weighted by Gasteiger charge is 2.18. The summed E-state index contributed by atoms with van der Waals surface area (Å²) in [4.78, 5) is 38.4. The summed E-state index contributed by atoms with van der Waals surface area (Å²) in [5.74, 6) is -1.31. The lowest BCUT2D eigenvalue weighted by molar-refractivity contribution is -0.384. The van der Waals surface area contributed by atoms with Crippen molar-refractivity contribution in [3.8, 4) is 0 Å². The standard InChI is InChI=1S/C16H15N3O5/c1-10-4-3-5-13(18-10)9-17-15(20)11-6-12(16(21)24-2)8-14(7-11)19(22)23/h3-8H,9H2,1-2H3,(H,17,20). The van der Waals surface area contributed by atoms with Crippen LogP contribution in [-0.2, 0) is 11.3 Å². The second-order valence-electron chi connectivity index (χ2n) is 4.97. The molecule has 0 aliphatic heterocycles. The van der Waals surface area contributed by atoms with Gasteiger partial charge in [0.05, 0.1) is 29.8 Å². The van der Waals surface area contributed by atoms with Crippen LogP contribution in [0, 0.1) is 17.0 Å². The van der Waals surface area contributed by atoms with Crippen LogP contribution in [0.25, 0.3) is 0 Å². The van der Waals surface area contributed by atoms with E-state index in [-0.39, 0.29) is 23.4 Å². The molecule has 0 unspecified atom stereocenters. The molecule has 8 nitrogen and oxygen atoms in total. The van der Waals surface area contributed by atoms with Gasteiger partial charge in [0.15, 0.2) is 0 Å². The molecule has 1 heterocycles. The highest BCUT2D eigenvalue weighted by atomic mass is 16.6. The molecule has 24 heavy (non-hydrogen) atoms. The molecular weight excluding hydrogens is 314 g/mol. The predicted octanol–water partition coefficient (Wildman–Crippen LogP) is 2.01. The molecule has 0 aliphatic carbocycles. The number of carbonyl (C=O) groups is 2. The first-order valence-electron chi connectivity index (χ1n) is 6.99. The molecule has 1 aromatic heterocycles. The first-order chi connectivity index (χ1) is 11.4. The van der Waals surface area contributed by atoms with Gasteiger partial charge in [-0.3, -0.25) is 19.9 Å². The van der Waals surface area contributed by atoms with E-state index in [1.54, 1.807) is 6.07 Å². The number of amides is 1. The van der Waals surface area contributed by atoms with Crippen molar-refractivity contribution in [2.75, 3.05) is 7.11 Å². The van der Waals surface area contributed by atoms with Crippen LogP contribution in [0.3, 0.4) is 0 Å². The lowest BCUT2D eigenvalue weighted by Crippen LogP contribution is -2.24. The normalized spacial score (nSPS) is 10.1. The van der Waals surface area contributed by atoms with E-state index in [2.05, 4.69) is 15.0 Å². The number of nitrogens with one attached hydrogen (secondary N) is 1. The van der Waals surface area contributed by atoms with Gasteiger partial charge >= 0.3 is 5.97 Å². The molecule has 0 spiro atoms. The summed E-state index contributed by atoms with van der Waals surface area (Å²) in [5, 5.41) is 13.6.